The van der Waals surface area contributed by atoms with E-state index in [2.05, 4.69) is 5.32 Å². The highest BCUT2D eigenvalue weighted by atomic mass is 35.5. The van der Waals surface area contributed by atoms with Gasteiger partial charge in [-0.25, -0.2) is 0 Å². The third kappa shape index (κ3) is 4.15. The SMILES string of the molecule is Clc1ccc(OCC2CCNCC2)c(Oc2ccccc2)c1. The standard InChI is InChI=1S/C18H20ClNO2/c19-15-6-7-17(21-13-14-8-10-20-11-9-14)18(12-15)22-16-4-2-1-3-5-16/h1-7,12,14,20H,8-11,13H2. The lowest BCUT2D eigenvalue weighted by Crippen LogP contribution is -2.30. The van der Waals surface area contributed by atoms with Gasteiger partial charge < -0.3 is 14.8 Å². The van der Waals surface area contributed by atoms with E-state index < -0.39 is 0 Å². The van der Waals surface area contributed by atoms with Crippen molar-refractivity contribution in [2.45, 2.75) is 12.8 Å². The summed E-state index contributed by atoms with van der Waals surface area (Å²) in [5, 5.41) is 4.01. The van der Waals surface area contributed by atoms with Crippen LogP contribution in [0.25, 0.3) is 0 Å². The fourth-order valence-corrected chi connectivity index (χ4v) is 2.71. The van der Waals surface area contributed by atoms with Crippen LogP contribution in [-0.4, -0.2) is 19.7 Å². The summed E-state index contributed by atoms with van der Waals surface area (Å²) in [4.78, 5) is 0. The molecule has 0 radical (unpaired) electrons. The molecule has 0 spiro atoms. The van der Waals surface area contributed by atoms with Crippen LogP contribution < -0.4 is 14.8 Å². The zero-order valence-corrected chi connectivity index (χ0v) is 13.2. The number of benzene rings is 2. The number of rotatable bonds is 5. The van der Waals surface area contributed by atoms with E-state index in [-0.39, 0.29) is 0 Å². The third-order valence-electron chi connectivity index (χ3n) is 3.81. The maximum absolute atomic E-state index is 6.09. The number of hydrogen-bond acceptors (Lipinski definition) is 3. The predicted octanol–water partition coefficient (Wildman–Crippen LogP) is 4.51. The van der Waals surface area contributed by atoms with Crippen LogP contribution in [0.2, 0.25) is 5.02 Å². The van der Waals surface area contributed by atoms with Crippen molar-refractivity contribution in [2.75, 3.05) is 19.7 Å². The minimum Gasteiger partial charge on any atom is -0.489 e. The molecule has 2 aromatic carbocycles. The molecule has 1 aliphatic heterocycles. The number of piperidine rings is 1. The highest BCUT2D eigenvalue weighted by molar-refractivity contribution is 6.30. The predicted molar refractivity (Wildman–Crippen MR) is 89.1 cm³/mol. The van der Waals surface area contributed by atoms with Crippen LogP contribution in [0.15, 0.2) is 48.5 Å². The summed E-state index contributed by atoms with van der Waals surface area (Å²) < 4.78 is 11.9. The molecule has 0 aromatic heterocycles. The molecular formula is C18H20ClNO2. The van der Waals surface area contributed by atoms with Gasteiger partial charge in [0, 0.05) is 11.1 Å². The molecule has 0 bridgehead atoms. The van der Waals surface area contributed by atoms with Crippen molar-refractivity contribution in [1.29, 1.82) is 0 Å². The molecule has 1 N–H and O–H groups in total. The molecule has 1 saturated heterocycles. The Bertz CT molecular complexity index is 597. The first-order valence-electron chi connectivity index (χ1n) is 7.67. The van der Waals surface area contributed by atoms with Crippen molar-refractivity contribution in [1.82, 2.24) is 5.32 Å². The Balaban J connectivity index is 1.70. The lowest BCUT2D eigenvalue weighted by molar-refractivity contribution is 0.210. The smallest absolute Gasteiger partial charge is 0.170 e. The number of nitrogens with one attached hydrogen (secondary N) is 1. The van der Waals surface area contributed by atoms with Gasteiger partial charge in [-0.15, -0.1) is 0 Å². The first kappa shape index (κ1) is 15.2. The highest BCUT2D eigenvalue weighted by Gasteiger charge is 2.15. The average Bonchev–Trinajstić information content (AvgIpc) is 2.56. The van der Waals surface area contributed by atoms with Gasteiger partial charge in [0.2, 0.25) is 0 Å². The van der Waals surface area contributed by atoms with Crippen LogP contribution in [0, 0.1) is 5.92 Å². The van der Waals surface area contributed by atoms with E-state index in [4.69, 9.17) is 21.1 Å². The van der Waals surface area contributed by atoms with Crippen molar-refractivity contribution < 1.29 is 9.47 Å². The summed E-state index contributed by atoms with van der Waals surface area (Å²) in [6, 6.07) is 15.2. The van der Waals surface area contributed by atoms with Crippen LogP contribution in [0.1, 0.15) is 12.8 Å². The van der Waals surface area contributed by atoms with Crippen molar-refractivity contribution in [3.8, 4) is 17.2 Å². The molecule has 0 saturated carbocycles. The minimum atomic E-state index is 0.599. The molecule has 1 fully saturated rings. The Morgan fingerprint density at radius 3 is 2.55 bits per heavy atom. The molecule has 0 atom stereocenters. The van der Waals surface area contributed by atoms with Crippen LogP contribution >= 0.6 is 11.6 Å². The second-order valence-corrected chi connectivity index (χ2v) is 5.95. The van der Waals surface area contributed by atoms with Gasteiger partial charge in [-0.05, 0) is 56.1 Å². The van der Waals surface area contributed by atoms with Gasteiger partial charge in [0.05, 0.1) is 6.61 Å². The van der Waals surface area contributed by atoms with Gasteiger partial charge in [0.15, 0.2) is 11.5 Å². The van der Waals surface area contributed by atoms with Gasteiger partial charge in [0.1, 0.15) is 5.75 Å². The molecule has 1 aliphatic rings. The summed E-state index contributed by atoms with van der Waals surface area (Å²) in [6.07, 6.45) is 2.31. The molecule has 1 heterocycles. The Labute approximate surface area is 136 Å². The lowest BCUT2D eigenvalue weighted by atomic mass is 9.99. The van der Waals surface area contributed by atoms with E-state index >= 15 is 0 Å². The van der Waals surface area contributed by atoms with E-state index in [0.717, 1.165) is 37.4 Å². The van der Waals surface area contributed by atoms with Gasteiger partial charge in [-0.2, -0.15) is 0 Å². The molecule has 2 aromatic rings. The molecule has 0 unspecified atom stereocenters. The number of ether oxygens (including phenoxy) is 2. The summed E-state index contributed by atoms with van der Waals surface area (Å²) in [6.45, 7) is 2.86. The van der Waals surface area contributed by atoms with Gasteiger partial charge >= 0.3 is 0 Å². The fraction of sp³-hybridized carbons (Fsp3) is 0.333. The average molecular weight is 318 g/mol. The number of para-hydroxylation sites is 1. The first-order chi connectivity index (χ1) is 10.8. The Morgan fingerprint density at radius 1 is 1.00 bits per heavy atom. The molecule has 0 amide bonds. The normalized spacial score (nSPS) is 15.5. The van der Waals surface area contributed by atoms with Crippen LogP contribution in [-0.2, 0) is 0 Å². The topological polar surface area (TPSA) is 30.5 Å². The molecule has 116 valence electrons. The van der Waals surface area contributed by atoms with E-state index in [1.165, 1.54) is 0 Å². The quantitative estimate of drug-likeness (QED) is 0.880. The number of halogens is 1. The monoisotopic (exact) mass is 317 g/mol. The molecule has 0 aliphatic carbocycles. The largest absolute Gasteiger partial charge is 0.489 e. The number of hydrogen-bond donors (Lipinski definition) is 1. The summed E-state index contributed by atoms with van der Waals surface area (Å²) in [5.41, 5.74) is 0. The van der Waals surface area contributed by atoms with Gasteiger partial charge in [-0.3, -0.25) is 0 Å². The molecule has 22 heavy (non-hydrogen) atoms. The van der Waals surface area contributed by atoms with Crippen molar-refractivity contribution >= 4 is 11.6 Å². The van der Waals surface area contributed by atoms with Gasteiger partial charge in [-0.1, -0.05) is 29.8 Å². The van der Waals surface area contributed by atoms with Gasteiger partial charge in [0.25, 0.3) is 0 Å². The second-order valence-electron chi connectivity index (χ2n) is 5.51. The summed E-state index contributed by atoms with van der Waals surface area (Å²) in [7, 11) is 0. The van der Waals surface area contributed by atoms with Crippen LogP contribution in [0.4, 0.5) is 0 Å². The van der Waals surface area contributed by atoms with Crippen LogP contribution in [0.3, 0.4) is 0 Å². The summed E-state index contributed by atoms with van der Waals surface area (Å²) >= 11 is 6.09. The molecule has 3 rings (SSSR count). The van der Waals surface area contributed by atoms with Crippen molar-refractivity contribution in [3.63, 3.8) is 0 Å². The minimum absolute atomic E-state index is 0.599. The first-order valence-corrected chi connectivity index (χ1v) is 8.05. The van der Waals surface area contributed by atoms with Crippen molar-refractivity contribution in [2.24, 2.45) is 5.92 Å². The summed E-state index contributed by atoms with van der Waals surface area (Å²) in [5.74, 6) is 2.78. The van der Waals surface area contributed by atoms with E-state index in [9.17, 15) is 0 Å². The Kier molecular flexibility index (Phi) is 5.20. The molecule has 4 heteroatoms. The molecule has 3 nitrogen and oxygen atoms in total. The lowest BCUT2D eigenvalue weighted by Gasteiger charge is -2.23. The zero-order chi connectivity index (χ0) is 15.2. The van der Waals surface area contributed by atoms with E-state index in [0.29, 0.717) is 23.3 Å². The zero-order valence-electron chi connectivity index (χ0n) is 12.4. The Hall–Kier alpha value is -1.71. The maximum Gasteiger partial charge on any atom is 0.170 e. The van der Waals surface area contributed by atoms with E-state index in [1.807, 2.05) is 42.5 Å². The Morgan fingerprint density at radius 2 is 1.77 bits per heavy atom. The molecular weight excluding hydrogens is 298 g/mol. The maximum atomic E-state index is 6.09. The second kappa shape index (κ2) is 7.52. The van der Waals surface area contributed by atoms with Crippen LogP contribution in [0.5, 0.6) is 17.2 Å². The fourth-order valence-electron chi connectivity index (χ4n) is 2.55. The van der Waals surface area contributed by atoms with Crippen molar-refractivity contribution in [3.05, 3.63) is 53.6 Å². The third-order valence-corrected chi connectivity index (χ3v) is 4.05. The highest BCUT2D eigenvalue weighted by Crippen LogP contribution is 2.34. The van der Waals surface area contributed by atoms with E-state index in [1.54, 1.807) is 6.07 Å².